The van der Waals surface area contributed by atoms with Crippen molar-refractivity contribution in [2.24, 2.45) is 0 Å². The minimum atomic E-state index is -0.161. The van der Waals surface area contributed by atoms with Crippen molar-refractivity contribution in [2.75, 3.05) is 0 Å². The van der Waals surface area contributed by atoms with Crippen LogP contribution in [0, 0.1) is 0 Å². The van der Waals surface area contributed by atoms with Gasteiger partial charge >= 0.3 is 0 Å². The van der Waals surface area contributed by atoms with Crippen LogP contribution in [-0.2, 0) is 6.42 Å². The first-order valence-corrected chi connectivity index (χ1v) is 6.97. The number of hydrogen-bond acceptors (Lipinski definition) is 3. The van der Waals surface area contributed by atoms with E-state index in [0.717, 1.165) is 50.4 Å². The Morgan fingerprint density at radius 1 is 1.28 bits per heavy atom. The number of aliphatic hydroxyl groups is 1. The molecule has 0 aliphatic carbocycles. The molecule has 1 atom stereocenters. The highest BCUT2D eigenvalue weighted by atomic mass is 16.3. The Balaban J connectivity index is 2.09. The van der Waals surface area contributed by atoms with E-state index in [1.54, 1.807) is 6.26 Å². The van der Waals surface area contributed by atoms with Crippen LogP contribution < -0.4 is 0 Å². The maximum absolute atomic E-state index is 10.6. The molecule has 1 heterocycles. The van der Waals surface area contributed by atoms with E-state index in [0.29, 0.717) is 5.76 Å². The molecule has 0 radical (unpaired) electrons. The lowest BCUT2D eigenvalue weighted by Crippen LogP contribution is -2.06. The Morgan fingerprint density at radius 3 is 2.67 bits per heavy atom. The zero-order valence-corrected chi connectivity index (χ0v) is 11.2. The van der Waals surface area contributed by atoms with Gasteiger partial charge in [-0.25, -0.2) is 0 Å². The van der Waals surface area contributed by atoms with Crippen LogP contribution in [0.3, 0.4) is 0 Å². The van der Waals surface area contributed by atoms with E-state index in [1.165, 1.54) is 12.8 Å². The third kappa shape index (κ3) is 5.50. The number of aryl methyl sites for hydroxylation is 1. The van der Waals surface area contributed by atoms with Crippen molar-refractivity contribution in [3.05, 3.63) is 23.7 Å². The summed E-state index contributed by atoms with van der Waals surface area (Å²) in [5.74, 6) is 0.443. The molecule has 1 aromatic rings. The molecule has 0 saturated carbocycles. The smallest absolute Gasteiger partial charge is 0.185 e. The fourth-order valence-corrected chi connectivity index (χ4v) is 2.13. The first kappa shape index (κ1) is 15.0. The standard InChI is InChI=1S/C15H24O3/c1-2-3-4-8-14(17)9-6-5-7-13-10-11-18-15(13)12-16/h10-12,14,17H,2-9H2,1H3. The Morgan fingerprint density at radius 2 is 2.00 bits per heavy atom. The Hall–Kier alpha value is -1.09. The largest absolute Gasteiger partial charge is 0.461 e. The SMILES string of the molecule is CCCCCC(O)CCCCc1ccoc1C=O. The second-order valence-corrected chi connectivity index (χ2v) is 4.82. The summed E-state index contributed by atoms with van der Waals surface area (Å²) in [4.78, 5) is 10.6. The lowest BCUT2D eigenvalue weighted by atomic mass is 10.0. The summed E-state index contributed by atoms with van der Waals surface area (Å²) in [5.41, 5.74) is 0.977. The predicted molar refractivity (Wildman–Crippen MR) is 71.8 cm³/mol. The number of hydrogen-bond donors (Lipinski definition) is 1. The van der Waals surface area contributed by atoms with Crippen LogP contribution in [-0.4, -0.2) is 17.5 Å². The van der Waals surface area contributed by atoms with Gasteiger partial charge in [0.15, 0.2) is 12.0 Å². The number of carbonyl (C=O) groups is 1. The van der Waals surface area contributed by atoms with Crippen LogP contribution in [0.2, 0.25) is 0 Å². The zero-order valence-electron chi connectivity index (χ0n) is 11.2. The van der Waals surface area contributed by atoms with Gasteiger partial charge in [0, 0.05) is 5.56 Å². The predicted octanol–water partition coefficient (Wildman–Crippen LogP) is 3.75. The molecule has 0 bridgehead atoms. The number of furan rings is 1. The molecule has 0 amide bonds. The van der Waals surface area contributed by atoms with Gasteiger partial charge in [0.05, 0.1) is 12.4 Å². The minimum Gasteiger partial charge on any atom is -0.461 e. The van der Waals surface area contributed by atoms with E-state index in [2.05, 4.69) is 6.92 Å². The van der Waals surface area contributed by atoms with Crippen molar-refractivity contribution in [3.8, 4) is 0 Å². The van der Waals surface area contributed by atoms with Crippen LogP contribution >= 0.6 is 0 Å². The highest BCUT2D eigenvalue weighted by Gasteiger charge is 2.06. The van der Waals surface area contributed by atoms with E-state index >= 15 is 0 Å². The Bertz CT molecular complexity index is 330. The minimum absolute atomic E-state index is 0.161. The summed E-state index contributed by atoms with van der Waals surface area (Å²) in [6.07, 6.45) is 10.3. The monoisotopic (exact) mass is 252 g/mol. The van der Waals surface area contributed by atoms with Crippen LogP contribution in [0.15, 0.2) is 16.7 Å². The normalized spacial score (nSPS) is 12.6. The highest BCUT2D eigenvalue weighted by molar-refractivity contribution is 5.72. The second kappa shape index (κ2) is 8.92. The fourth-order valence-electron chi connectivity index (χ4n) is 2.13. The molecule has 1 rings (SSSR count). The third-order valence-corrected chi connectivity index (χ3v) is 3.26. The van der Waals surface area contributed by atoms with Crippen molar-refractivity contribution >= 4 is 6.29 Å². The summed E-state index contributed by atoms with van der Waals surface area (Å²) >= 11 is 0. The van der Waals surface area contributed by atoms with E-state index in [4.69, 9.17) is 4.42 Å². The molecular weight excluding hydrogens is 228 g/mol. The molecule has 1 N–H and O–H groups in total. The average molecular weight is 252 g/mol. The summed E-state index contributed by atoms with van der Waals surface area (Å²) < 4.78 is 5.04. The summed E-state index contributed by atoms with van der Waals surface area (Å²) in [7, 11) is 0. The van der Waals surface area contributed by atoms with Gasteiger partial charge < -0.3 is 9.52 Å². The van der Waals surface area contributed by atoms with Gasteiger partial charge in [-0.3, -0.25) is 4.79 Å². The molecule has 1 unspecified atom stereocenters. The molecule has 0 aromatic carbocycles. The lowest BCUT2D eigenvalue weighted by Gasteiger charge is -2.09. The van der Waals surface area contributed by atoms with Crippen LogP contribution in [0.4, 0.5) is 0 Å². The van der Waals surface area contributed by atoms with Gasteiger partial charge in [-0.1, -0.05) is 32.6 Å². The topological polar surface area (TPSA) is 50.4 Å². The third-order valence-electron chi connectivity index (χ3n) is 3.26. The molecule has 3 nitrogen and oxygen atoms in total. The molecule has 102 valence electrons. The summed E-state index contributed by atoms with van der Waals surface area (Å²) in [6, 6.07) is 1.85. The Kier molecular flexibility index (Phi) is 7.42. The van der Waals surface area contributed by atoms with E-state index < -0.39 is 0 Å². The van der Waals surface area contributed by atoms with Crippen molar-refractivity contribution < 1.29 is 14.3 Å². The summed E-state index contributed by atoms with van der Waals surface area (Å²) in [6.45, 7) is 2.17. The molecular formula is C15H24O3. The first-order chi connectivity index (χ1) is 8.77. The maximum Gasteiger partial charge on any atom is 0.185 e. The number of unbranched alkanes of at least 4 members (excludes halogenated alkanes) is 3. The van der Waals surface area contributed by atoms with Crippen LogP contribution in [0.1, 0.15) is 68.0 Å². The van der Waals surface area contributed by atoms with Crippen LogP contribution in [0.5, 0.6) is 0 Å². The Labute approximate surface area is 109 Å². The van der Waals surface area contributed by atoms with Gasteiger partial charge in [-0.15, -0.1) is 0 Å². The van der Waals surface area contributed by atoms with Gasteiger partial charge in [-0.2, -0.15) is 0 Å². The number of carbonyl (C=O) groups excluding carboxylic acids is 1. The summed E-state index contributed by atoms with van der Waals surface area (Å²) in [5, 5.41) is 9.76. The molecule has 3 heteroatoms. The van der Waals surface area contributed by atoms with Crippen molar-refractivity contribution in [3.63, 3.8) is 0 Å². The average Bonchev–Trinajstić information content (AvgIpc) is 2.82. The van der Waals surface area contributed by atoms with Gasteiger partial charge in [-0.05, 0) is 31.7 Å². The quantitative estimate of drug-likeness (QED) is 0.509. The van der Waals surface area contributed by atoms with Gasteiger partial charge in [0.1, 0.15) is 0 Å². The molecule has 0 aliphatic rings. The molecule has 0 aliphatic heterocycles. The molecule has 0 saturated heterocycles. The fraction of sp³-hybridized carbons (Fsp3) is 0.667. The number of aldehydes is 1. The van der Waals surface area contributed by atoms with E-state index in [9.17, 15) is 9.90 Å². The maximum atomic E-state index is 10.6. The number of aliphatic hydroxyl groups excluding tert-OH is 1. The molecule has 1 aromatic heterocycles. The highest BCUT2D eigenvalue weighted by Crippen LogP contribution is 2.14. The second-order valence-electron chi connectivity index (χ2n) is 4.82. The van der Waals surface area contributed by atoms with E-state index in [1.807, 2.05) is 6.07 Å². The van der Waals surface area contributed by atoms with Crippen molar-refractivity contribution in [1.29, 1.82) is 0 Å². The molecule has 0 fully saturated rings. The van der Waals surface area contributed by atoms with Gasteiger partial charge in [0.2, 0.25) is 0 Å². The van der Waals surface area contributed by atoms with Crippen LogP contribution in [0.25, 0.3) is 0 Å². The molecule has 0 spiro atoms. The lowest BCUT2D eigenvalue weighted by molar-refractivity contribution is 0.109. The number of rotatable bonds is 10. The zero-order chi connectivity index (χ0) is 13.2. The first-order valence-electron chi connectivity index (χ1n) is 6.97. The van der Waals surface area contributed by atoms with E-state index in [-0.39, 0.29) is 6.10 Å². The van der Waals surface area contributed by atoms with Crippen molar-refractivity contribution in [1.82, 2.24) is 0 Å². The van der Waals surface area contributed by atoms with Gasteiger partial charge in [0.25, 0.3) is 0 Å². The molecule has 18 heavy (non-hydrogen) atoms. The van der Waals surface area contributed by atoms with Crippen molar-refractivity contribution in [2.45, 2.75) is 64.4 Å².